The molecule has 0 N–H and O–H groups in total. The van der Waals surface area contributed by atoms with Crippen molar-refractivity contribution in [1.29, 1.82) is 0 Å². The first kappa shape index (κ1) is 18.5. The molecule has 0 unspecified atom stereocenters. The molecule has 0 saturated carbocycles. The summed E-state index contributed by atoms with van der Waals surface area (Å²) in [6.45, 7) is 2.80. The molecule has 0 amide bonds. The summed E-state index contributed by atoms with van der Waals surface area (Å²) in [5, 5.41) is 8.49. The molecule has 0 atom stereocenters. The monoisotopic (exact) mass is 420 g/mol. The maximum atomic E-state index is 12.8. The molecule has 0 bridgehead atoms. The molecule has 4 rings (SSSR count). The summed E-state index contributed by atoms with van der Waals surface area (Å²) in [5.74, 6) is 1.77. The molecular weight excluding hydrogens is 406 g/mol. The average molecular weight is 421 g/mol. The maximum absolute atomic E-state index is 12.8. The van der Waals surface area contributed by atoms with E-state index >= 15 is 0 Å². The van der Waals surface area contributed by atoms with E-state index < -0.39 is 10.0 Å². The molecule has 2 aromatic heterocycles. The zero-order chi connectivity index (χ0) is 19.9. The molecule has 28 heavy (non-hydrogen) atoms. The van der Waals surface area contributed by atoms with Crippen LogP contribution in [0.25, 0.3) is 16.1 Å². The third kappa shape index (κ3) is 3.25. The molecule has 3 heterocycles. The first-order valence-corrected chi connectivity index (χ1v) is 10.1. The molecule has 0 radical (unpaired) electrons. The van der Waals surface area contributed by atoms with Crippen LogP contribution in [0.2, 0.25) is 5.02 Å². The van der Waals surface area contributed by atoms with Gasteiger partial charge in [0.1, 0.15) is 28.2 Å². The third-order valence-corrected chi connectivity index (χ3v) is 5.76. The Hall–Kier alpha value is -2.85. The molecule has 9 nitrogen and oxygen atoms in total. The Morgan fingerprint density at radius 2 is 2.11 bits per heavy atom. The molecule has 1 aromatic carbocycles. The summed E-state index contributed by atoms with van der Waals surface area (Å²) in [5.41, 5.74) is 0.645. The van der Waals surface area contributed by atoms with Crippen LogP contribution in [0, 0.1) is 6.92 Å². The summed E-state index contributed by atoms with van der Waals surface area (Å²) in [6.07, 6.45) is 1.33. The van der Waals surface area contributed by atoms with Crippen LogP contribution < -0.4 is 9.47 Å². The number of aromatic nitrogens is 4. The minimum absolute atomic E-state index is 0.124. The van der Waals surface area contributed by atoms with Crippen LogP contribution in [0.4, 0.5) is 5.69 Å². The van der Waals surface area contributed by atoms with Gasteiger partial charge in [-0.05, 0) is 25.1 Å². The van der Waals surface area contributed by atoms with Crippen LogP contribution in [0.1, 0.15) is 5.82 Å². The second-order valence-corrected chi connectivity index (χ2v) is 7.99. The van der Waals surface area contributed by atoms with Gasteiger partial charge in [0.2, 0.25) is 5.88 Å². The van der Waals surface area contributed by atoms with Crippen LogP contribution >= 0.6 is 11.6 Å². The van der Waals surface area contributed by atoms with Crippen LogP contribution in [0.3, 0.4) is 0 Å². The van der Waals surface area contributed by atoms with Crippen molar-refractivity contribution >= 4 is 27.3 Å². The van der Waals surface area contributed by atoms with E-state index in [9.17, 15) is 8.42 Å². The number of halogens is 1. The van der Waals surface area contributed by atoms with Crippen molar-refractivity contribution in [3.05, 3.63) is 46.0 Å². The first-order chi connectivity index (χ1) is 13.4. The molecule has 0 fully saturated rings. The number of rotatable bonds is 4. The summed E-state index contributed by atoms with van der Waals surface area (Å²) < 4.78 is 42.2. The summed E-state index contributed by atoms with van der Waals surface area (Å²) in [4.78, 5) is 4.07. The van der Waals surface area contributed by atoms with E-state index in [1.54, 1.807) is 6.07 Å². The van der Waals surface area contributed by atoms with Crippen LogP contribution in [0.5, 0.6) is 11.6 Å². The van der Waals surface area contributed by atoms with E-state index in [2.05, 4.69) is 19.9 Å². The highest BCUT2D eigenvalue weighted by atomic mass is 35.5. The molecule has 1 aliphatic heterocycles. The number of sulfonamides is 1. The van der Waals surface area contributed by atoms with Crippen molar-refractivity contribution in [2.24, 2.45) is 0 Å². The van der Waals surface area contributed by atoms with Crippen molar-refractivity contribution < 1.29 is 17.9 Å². The Kier molecular flexibility index (Phi) is 4.60. The van der Waals surface area contributed by atoms with Gasteiger partial charge < -0.3 is 18.8 Å². The van der Waals surface area contributed by atoms with Crippen molar-refractivity contribution in [3.8, 4) is 23.0 Å². The second-order valence-electron chi connectivity index (χ2n) is 5.98. The van der Waals surface area contributed by atoms with Gasteiger partial charge in [-0.15, -0.1) is 15.9 Å². The van der Waals surface area contributed by atoms with E-state index in [0.717, 1.165) is 5.82 Å². The third-order valence-electron chi connectivity index (χ3n) is 4.20. The lowest BCUT2D eigenvalue weighted by molar-refractivity contribution is 0.294. The second kappa shape index (κ2) is 6.95. The van der Waals surface area contributed by atoms with Gasteiger partial charge in [0, 0.05) is 11.2 Å². The van der Waals surface area contributed by atoms with E-state index in [4.69, 9.17) is 21.1 Å². The number of ether oxygens (including phenoxy) is 2. The van der Waals surface area contributed by atoms with Gasteiger partial charge in [-0.3, -0.25) is 0 Å². The number of benzene rings is 1. The number of hydrogen-bond acceptors (Lipinski definition) is 7. The van der Waals surface area contributed by atoms with Gasteiger partial charge in [-0.1, -0.05) is 17.7 Å². The van der Waals surface area contributed by atoms with E-state index in [-0.39, 0.29) is 21.4 Å². The standard InChI is InChI=1S/C17H15ClN5O4S/c1-10-20-21-16-13-8-12(9-19-17(13)27-6-5-23(10)16)22-28(24,25)15-7-11(18)3-4-14(15)26-2/h3-4,7-9H,5-6H2,1-2H3/q-1. The molecule has 146 valence electrons. The van der Waals surface area contributed by atoms with Crippen molar-refractivity contribution in [2.75, 3.05) is 13.7 Å². The zero-order valence-electron chi connectivity index (χ0n) is 15.0. The van der Waals surface area contributed by atoms with E-state index in [0.29, 0.717) is 30.4 Å². The number of pyridine rings is 1. The Labute approximate surface area is 166 Å². The summed E-state index contributed by atoms with van der Waals surface area (Å²) >= 11 is 5.95. The number of aryl methyl sites for hydroxylation is 1. The lowest BCUT2D eigenvalue weighted by Crippen LogP contribution is -2.07. The molecule has 0 saturated heterocycles. The van der Waals surface area contributed by atoms with E-state index in [1.165, 1.54) is 31.5 Å². The highest BCUT2D eigenvalue weighted by Gasteiger charge is 2.20. The SMILES string of the molecule is COc1ccc(Cl)cc1S(=O)(=O)[N-]c1cnc2c(c1)-c1nnc(C)n1CCO2. The van der Waals surface area contributed by atoms with Gasteiger partial charge in [0.15, 0.2) is 5.82 Å². The lowest BCUT2D eigenvalue weighted by atomic mass is 10.2. The lowest BCUT2D eigenvalue weighted by Gasteiger charge is -2.23. The maximum Gasteiger partial charge on any atom is 0.224 e. The average Bonchev–Trinajstić information content (AvgIpc) is 2.92. The quantitative estimate of drug-likeness (QED) is 0.637. The van der Waals surface area contributed by atoms with Crippen molar-refractivity contribution in [2.45, 2.75) is 18.4 Å². The van der Waals surface area contributed by atoms with Crippen LogP contribution in [0.15, 0.2) is 35.4 Å². The predicted octanol–water partition coefficient (Wildman–Crippen LogP) is 3.10. The largest absolute Gasteiger partial charge is 0.571 e. The number of fused-ring (bicyclic) bond motifs is 3. The highest BCUT2D eigenvalue weighted by Crippen LogP contribution is 2.38. The zero-order valence-corrected chi connectivity index (χ0v) is 16.5. The fourth-order valence-corrected chi connectivity index (χ4v) is 4.28. The smallest absolute Gasteiger partial charge is 0.224 e. The number of nitrogens with zero attached hydrogens (tertiary/aromatic N) is 5. The number of hydrogen-bond donors (Lipinski definition) is 0. The van der Waals surface area contributed by atoms with Crippen LogP contribution in [-0.2, 0) is 16.6 Å². The topological polar surface area (TPSA) is 110 Å². The van der Waals surface area contributed by atoms with Crippen LogP contribution in [-0.4, -0.2) is 41.9 Å². The van der Waals surface area contributed by atoms with Gasteiger partial charge >= 0.3 is 0 Å². The Bertz CT molecular complexity index is 1160. The van der Waals surface area contributed by atoms with Gasteiger partial charge in [-0.2, -0.15) is 0 Å². The van der Waals surface area contributed by atoms with Gasteiger partial charge in [0.25, 0.3) is 0 Å². The van der Waals surface area contributed by atoms with Gasteiger partial charge in [-0.25, -0.2) is 13.4 Å². The first-order valence-electron chi connectivity index (χ1n) is 8.23. The Balaban J connectivity index is 1.75. The van der Waals surface area contributed by atoms with Gasteiger partial charge in [0.05, 0.1) is 24.1 Å². The molecule has 3 aromatic rings. The normalized spacial score (nSPS) is 13.1. The molecule has 0 aliphatic carbocycles. The molecular formula is C17H15ClN5O4S-. The molecule has 1 aliphatic rings. The predicted molar refractivity (Wildman–Crippen MR) is 102 cm³/mol. The highest BCUT2D eigenvalue weighted by molar-refractivity contribution is 7.94. The summed E-state index contributed by atoms with van der Waals surface area (Å²) in [7, 11) is -2.72. The minimum atomic E-state index is -4.09. The molecule has 11 heteroatoms. The molecule has 0 spiro atoms. The Morgan fingerprint density at radius 1 is 1.29 bits per heavy atom. The fraction of sp³-hybridized carbons (Fsp3) is 0.235. The Morgan fingerprint density at radius 3 is 2.89 bits per heavy atom. The fourth-order valence-electron chi connectivity index (χ4n) is 2.89. The number of methoxy groups -OCH3 is 1. The van der Waals surface area contributed by atoms with Crippen molar-refractivity contribution in [1.82, 2.24) is 19.7 Å². The minimum Gasteiger partial charge on any atom is -0.571 e. The summed E-state index contributed by atoms with van der Waals surface area (Å²) in [6, 6.07) is 5.86. The van der Waals surface area contributed by atoms with E-state index in [1.807, 2.05) is 11.5 Å². The van der Waals surface area contributed by atoms with Crippen molar-refractivity contribution in [3.63, 3.8) is 0 Å².